The van der Waals surface area contributed by atoms with Crippen LogP contribution in [-0.4, -0.2) is 11.6 Å². The summed E-state index contributed by atoms with van der Waals surface area (Å²) in [5.41, 5.74) is 3.62. The molecule has 0 bridgehead atoms. The Bertz CT molecular complexity index is 642. The van der Waals surface area contributed by atoms with Gasteiger partial charge >= 0.3 is 0 Å². The van der Waals surface area contributed by atoms with Crippen LogP contribution in [-0.2, 0) is 17.6 Å². The molecule has 1 aliphatic rings. The third kappa shape index (κ3) is 2.34. The number of rotatable bonds is 2. The molecular weight excluding hydrogens is 236 g/mol. The van der Waals surface area contributed by atoms with Gasteiger partial charge in [0.2, 0.25) is 0 Å². The first-order valence-corrected chi connectivity index (χ1v) is 6.47. The molecule has 0 radical (unpaired) electrons. The molecule has 0 aliphatic heterocycles. The Morgan fingerprint density at radius 2 is 1.63 bits per heavy atom. The minimum absolute atomic E-state index is 0.0419. The van der Waals surface area contributed by atoms with Gasteiger partial charge in [0.05, 0.1) is 0 Å². The standard InChI is InChI=1S/C17H14O2/c18-16-9-8-13-10-15(7-6-14(13)11-16)17(19)12-4-2-1-3-5-12/h1-7,10H,8-9,11H2. The molecule has 0 N–H and O–H groups in total. The first kappa shape index (κ1) is 11.8. The Labute approximate surface area is 112 Å². The third-order valence-electron chi connectivity index (χ3n) is 3.57. The summed E-state index contributed by atoms with van der Waals surface area (Å²) >= 11 is 0. The van der Waals surface area contributed by atoms with E-state index in [2.05, 4.69) is 0 Å². The van der Waals surface area contributed by atoms with Crippen LogP contribution in [0.4, 0.5) is 0 Å². The number of fused-ring (bicyclic) bond motifs is 1. The second-order valence-electron chi connectivity index (χ2n) is 4.89. The van der Waals surface area contributed by atoms with E-state index in [1.165, 1.54) is 0 Å². The lowest BCUT2D eigenvalue weighted by molar-refractivity contribution is -0.118. The van der Waals surface area contributed by atoms with Crippen LogP contribution in [0.15, 0.2) is 48.5 Å². The summed E-state index contributed by atoms with van der Waals surface area (Å²) < 4.78 is 0. The number of aryl methyl sites for hydroxylation is 1. The zero-order valence-corrected chi connectivity index (χ0v) is 10.6. The van der Waals surface area contributed by atoms with E-state index in [0.717, 1.165) is 17.5 Å². The molecule has 1 aliphatic carbocycles. The number of benzene rings is 2. The molecule has 0 saturated carbocycles. The summed E-state index contributed by atoms with van der Waals surface area (Å²) in [6, 6.07) is 15.0. The molecule has 2 nitrogen and oxygen atoms in total. The summed E-state index contributed by atoms with van der Waals surface area (Å²) in [5, 5.41) is 0. The van der Waals surface area contributed by atoms with Crippen molar-refractivity contribution in [1.29, 1.82) is 0 Å². The third-order valence-corrected chi connectivity index (χ3v) is 3.57. The largest absolute Gasteiger partial charge is 0.299 e. The van der Waals surface area contributed by atoms with Crippen molar-refractivity contribution in [3.05, 3.63) is 70.8 Å². The van der Waals surface area contributed by atoms with Crippen LogP contribution in [0.5, 0.6) is 0 Å². The van der Waals surface area contributed by atoms with Gasteiger partial charge in [-0.15, -0.1) is 0 Å². The molecule has 0 aromatic heterocycles. The minimum atomic E-state index is 0.0419. The van der Waals surface area contributed by atoms with Crippen molar-refractivity contribution < 1.29 is 9.59 Å². The minimum Gasteiger partial charge on any atom is -0.299 e. The van der Waals surface area contributed by atoms with E-state index >= 15 is 0 Å². The van der Waals surface area contributed by atoms with Crippen LogP contribution in [0.2, 0.25) is 0 Å². The summed E-state index contributed by atoms with van der Waals surface area (Å²) in [5.74, 6) is 0.329. The number of ketones is 2. The van der Waals surface area contributed by atoms with E-state index in [1.807, 2.05) is 48.5 Å². The van der Waals surface area contributed by atoms with Gasteiger partial charge in [0, 0.05) is 24.0 Å². The molecule has 19 heavy (non-hydrogen) atoms. The topological polar surface area (TPSA) is 34.1 Å². The van der Waals surface area contributed by atoms with E-state index < -0.39 is 0 Å². The molecule has 94 valence electrons. The van der Waals surface area contributed by atoms with E-state index in [-0.39, 0.29) is 11.6 Å². The fraction of sp³-hybridized carbons (Fsp3) is 0.176. The molecule has 0 atom stereocenters. The van der Waals surface area contributed by atoms with Crippen LogP contribution < -0.4 is 0 Å². The predicted molar refractivity (Wildman–Crippen MR) is 73.3 cm³/mol. The Morgan fingerprint density at radius 3 is 2.42 bits per heavy atom. The molecule has 2 heteroatoms. The molecule has 2 aromatic carbocycles. The summed E-state index contributed by atoms with van der Waals surface area (Å²) in [7, 11) is 0. The van der Waals surface area contributed by atoms with E-state index in [4.69, 9.17) is 0 Å². The Hall–Kier alpha value is -2.22. The SMILES string of the molecule is O=C1CCc2cc(C(=O)c3ccccc3)ccc2C1. The van der Waals surface area contributed by atoms with Gasteiger partial charge in [0.25, 0.3) is 0 Å². The van der Waals surface area contributed by atoms with Gasteiger partial charge in [-0.2, -0.15) is 0 Å². The average molecular weight is 250 g/mol. The van der Waals surface area contributed by atoms with Crippen LogP contribution in [0, 0.1) is 0 Å². The molecular formula is C17H14O2. The van der Waals surface area contributed by atoms with Crippen molar-refractivity contribution in [2.45, 2.75) is 19.3 Å². The Balaban J connectivity index is 1.95. The van der Waals surface area contributed by atoms with Crippen molar-refractivity contribution in [2.75, 3.05) is 0 Å². The molecule has 0 fully saturated rings. The Morgan fingerprint density at radius 1 is 0.842 bits per heavy atom. The van der Waals surface area contributed by atoms with Crippen LogP contribution in [0.1, 0.15) is 33.5 Å². The fourth-order valence-electron chi connectivity index (χ4n) is 2.50. The van der Waals surface area contributed by atoms with E-state index in [1.54, 1.807) is 0 Å². The maximum Gasteiger partial charge on any atom is 0.193 e. The van der Waals surface area contributed by atoms with Crippen molar-refractivity contribution in [2.24, 2.45) is 0 Å². The predicted octanol–water partition coefficient (Wildman–Crippen LogP) is 2.98. The number of hydrogen-bond acceptors (Lipinski definition) is 2. The maximum atomic E-state index is 12.3. The first-order valence-electron chi connectivity index (χ1n) is 6.47. The number of carbonyl (C=O) groups excluding carboxylic acids is 2. The van der Waals surface area contributed by atoms with E-state index in [0.29, 0.717) is 24.0 Å². The number of carbonyl (C=O) groups is 2. The zero-order chi connectivity index (χ0) is 13.2. The van der Waals surface area contributed by atoms with Gasteiger partial charge in [-0.3, -0.25) is 9.59 Å². The van der Waals surface area contributed by atoms with Crippen LogP contribution in [0.3, 0.4) is 0 Å². The lowest BCUT2D eigenvalue weighted by atomic mass is 9.88. The quantitative estimate of drug-likeness (QED) is 0.768. The normalized spacial score (nSPS) is 14.0. The van der Waals surface area contributed by atoms with Crippen LogP contribution in [0.25, 0.3) is 0 Å². The molecule has 0 spiro atoms. The first-order chi connectivity index (χ1) is 9.24. The van der Waals surface area contributed by atoms with Crippen molar-refractivity contribution in [1.82, 2.24) is 0 Å². The van der Waals surface area contributed by atoms with Crippen molar-refractivity contribution in [3.63, 3.8) is 0 Å². The molecule has 0 amide bonds. The van der Waals surface area contributed by atoms with Gasteiger partial charge in [-0.05, 0) is 23.6 Å². The van der Waals surface area contributed by atoms with Crippen molar-refractivity contribution in [3.8, 4) is 0 Å². The van der Waals surface area contributed by atoms with Gasteiger partial charge in [0.1, 0.15) is 5.78 Å². The van der Waals surface area contributed by atoms with Crippen LogP contribution >= 0.6 is 0 Å². The van der Waals surface area contributed by atoms with Gasteiger partial charge < -0.3 is 0 Å². The summed E-state index contributed by atoms with van der Waals surface area (Å²) in [6.07, 6.45) is 1.86. The summed E-state index contributed by atoms with van der Waals surface area (Å²) in [6.45, 7) is 0. The molecule has 0 unspecified atom stereocenters. The molecule has 3 rings (SSSR count). The van der Waals surface area contributed by atoms with Crippen molar-refractivity contribution >= 4 is 11.6 Å². The lowest BCUT2D eigenvalue weighted by Crippen LogP contribution is -2.14. The zero-order valence-electron chi connectivity index (χ0n) is 10.6. The van der Waals surface area contributed by atoms with Gasteiger partial charge in [0.15, 0.2) is 5.78 Å². The highest BCUT2D eigenvalue weighted by Crippen LogP contribution is 2.22. The molecule has 0 heterocycles. The number of hydrogen-bond donors (Lipinski definition) is 0. The molecule has 0 saturated heterocycles. The lowest BCUT2D eigenvalue weighted by Gasteiger charge is -2.15. The average Bonchev–Trinajstić information content (AvgIpc) is 2.47. The highest BCUT2D eigenvalue weighted by molar-refractivity contribution is 6.09. The van der Waals surface area contributed by atoms with Gasteiger partial charge in [-0.1, -0.05) is 42.5 Å². The van der Waals surface area contributed by atoms with E-state index in [9.17, 15) is 9.59 Å². The smallest absolute Gasteiger partial charge is 0.193 e. The fourth-order valence-corrected chi connectivity index (χ4v) is 2.50. The number of Topliss-reactive ketones (excluding diaryl/α,β-unsaturated/α-hetero) is 1. The highest BCUT2D eigenvalue weighted by Gasteiger charge is 2.17. The van der Waals surface area contributed by atoms with Gasteiger partial charge in [-0.25, -0.2) is 0 Å². The summed E-state index contributed by atoms with van der Waals surface area (Å²) in [4.78, 5) is 23.7. The second kappa shape index (κ2) is 4.81. The highest BCUT2D eigenvalue weighted by atomic mass is 16.1. The molecule has 2 aromatic rings. The maximum absolute atomic E-state index is 12.3. The Kier molecular flexibility index (Phi) is 3.00. The monoisotopic (exact) mass is 250 g/mol. The second-order valence-corrected chi connectivity index (χ2v) is 4.89.